The van der Waals surface area contributed by atoms with Gasteiger partial charge in [-0.3, -0.25) is 0 Å². The lowest BCUT2D eigenvalue weighted by Crippen LogP contribution is -2.19. The molecule has 0 bridgehead atoms. The van der Waals surface area contributed by atoms with Gasteiger partial charge < -0.3 is 14.4 Å². The Bertz CT molecular complexity index is 878. The van der Waals surface area contributed by atoms with Gasteiger partial charge in [0.05, 0.1) is 12.4 Å². The van der Waals surface area contributed by atoms with Crippen LogP contribution < -0.4 is 0 Å². The van der Waals surface area contributed by atoms with Gasteiger partial charge in [0.15, 0.2) is 0 Å². The highest BCUT2D eigenvalue weighted by Crippen LogP contribution is 2.44. The van der Waals surface area contributed by atoms with Crippen molar-refractivity contribution >= 4 is 11.3 Å². The van der Waals surface area contributed by atoms with Crippen LogP contribution in [0.4, 0.5) is 0 Å². The van der Waals surface area contributed by atoms with Crippen molar-refractivity contribution in [2.45, 2.75) is 43.7 Å². The average molecular weight is 378 g/mol. The van der Waals surface area contributed by atoms with Crippen molar-refractivity contribution < 1.29 is 9.52 Å². The molecule has 1 aromatic carbocycles. The Kier molecular flexibility index (Phi) is 5.42. The molecule has 2 unspecified atom stereocenters. The van der Waals surface area contributed by atoms with Crippen molar-refractivity contribution in [2.24, 2.45) is 5.92 Å². The molecule has 2 aromatic heterocycles. The first-order valence-electron chi connectivity index (χ1n) is 9.47. The van der Waals surface area contributed by atoms with E-state index in [1.165, 1.54) is 4.88 Å². The molecule has 27 heavy (non-hydrogen) atoms. The van der Waals surface area contributed by atoms with Crippen LogP contribution in [0.2, 0.25) is 0 Å². The number of hydrogen-bond acceptors (Lipinski definition) is 3. The van der Waals surface area contributed by atoms with Gasteiger partial charge in [-0.25, -0.2) is 6.57 Å². The highest BCUT2D eigenvalue weighted by atomic mass is 32.1. The molecule has 0 amide bonds. The van der Waals surface area contributed by atoms with E-state index in [-0.39, 0.29) is 17.9 Å². The summed E-state index contributed by atoms with van der Waals surface area (Å²) in [6, 6.07) is 16.3. The zero-order valence-electron chi connectivity index (χ0n) is 15.1. The quantitative estimate of drug-likeness (QED) is 0.553. The lowest BCUT2D eigenvalue weighted by Gasteiger charge is -2.22. The summed E-state index contributed by atoms with van der Waals surface area (Å²) in [4.78, 5) is 5.24. The number of aryl methyl sites for hydroxylation is 1. The maximum Gasteiger partial charge on any atom is 0.229 e. The number of aliphatic hydroxyl groups is 1. The second kappa shape index (κ2) is 8.12. The van der Waals surface area contributed by atoms with Gasteiger partial charge in [0.2, 0.25) is 6.04 Å². The van der Waals surface area contributed by atoms with Gasteiger partial charge in [-0.15, -0.1) is 11.3 Å². The second-order valence-corrected chi connectivity index (χ2v) is 8.29. The summed E-state index contributed by atoms with van der Waals surface area (Å²) in [5, 5.41) is 12.8. The van der Waals surface area contributed by atoms with E-state index in [0.717, 1.165) is 36.1 Å². The molecule has 138 valence electrons. The molecule has 0 aliphatic heterocycles. The van der Waals surface area contributed by atoms with Crippen molar-refractivity contribution in [3.05, 3.63) is 82.0 Å². The van der Waals surface area contributed by atoms with Crippen LogP contribution in [0.15, 0.2) is 64.6 Å². The molecule has 4 rings (SSSR count). The lowest BCUT2D eigenvalue weighted by molar-refractivity contribution is 0.153. The summed E-state index contributed by atoms with van der Waals surface area (Å²) in [6.45, 7) is 7.58. The standard InChI is InChI=1S/C23H23NO2S/c1-24-20-15-21(25)23(19(20)7-2-5-18-6-4-14-27-18)17-11-9-16(10-12-17)22-8-3-13-26-22/h3-4,6,8-14,19-21,23,25H,2,5,7,15H2/t19?,20-,21-,23?/m1/s1. The van der Waals surface area contributed by atoms with Crippen LogP contribution in [-0.4, -0.2) is 17.3 Å². The Labute approximate surface area is 164 Å². The third-order valence-electron chi connectivity index (χ3n) is 5.66. The molecule has 1 saturated carbocycles. The molecule has 2 heterocycles. The Balaban J connectivity index is 1.50. The monoisotopic (exact) mass is 377 g/mol. The van der Waals surface area contributed by atoms with Gasteiger partial charge in [-0.2, -0.15) is 0 Å². The highest BCUT2D eigenvalue weighted by Gasteiger charge is 2.46. The molecular weight excluding hydrogens is 354 g/mol. The third-order valence-corrected chi connectivity index (χ3v) is 6.60. The van der Waals surface area contributed by atoms with E-state index >= 15 is 0 Å². The normalized spacial score (nSPS) is 24.7. The van der Waals surface area contributed by atoms with Gasteiger partial charge in [0.1, 0.15) is 5.76 Å². The van der Waals surface area contributed by atoms with E-state index < -0.39 is 6.10 Å². The summed E-state index contributed by atoms with van der Waals surface area (Å²) in [6.07, 6.45) is 4.91. The molecule has 0 radical (unpaired) electrons. The van der Waals surface area contributed by atoms with Crippen LogP contribution in [0.25, 0.3) is 16.2 Å². The topological polar surface area (TPSA) is 37.7 Å². The van der Waals surface area contributed by atoms with Gasteiger partial charge in [-0.05, 0) is 48.4 Å². The Morgan fingerprint density at radius 3 is 2.67 bits per heavy atom. The fraction of sp³-hybridized carbons (Fsp3) is 0.348. The van der Waals surface area contributed by atoms with E-state index in [4.69, 9.17) is 11.0 Å². The summed E-state index contributed by atoms with van der Waals surface area (Å²) in [7, 11) is 0. The Morgan fingerprint density at radius 1 is 1.15 bits per heavy atom. The molecule has 1 N–H and O–H groups in total. The van der Waals surface area contributed by atoms with E-state index in [1.54, 1.807) is 17.6 Å². The summed E-state index contributed by atoms with van der Waals surface area (Å²) >= 11 is 1.79. The van der Waals surface area contributed by atoms with Crippen LogP contribution in [0, 0.1) is 12.5 Å². The number of rotatable bonds is 6. The van der Waals surface area contributed by atoms with Crippen LogP contribution in [0.5, 0.6) is 0 Å². The first-order valence-corrected chi connectivity index (χ1v) is 10.3. The fourth-order valence-electron chi connectivity index (χ4n) is 4.36. The van der Waals surface area contributed by atoms with E-state index in [0.29, 0.717) is 6.42 Å². The molecule has 1 aliphatic rings. The van der Waals surface area contributed by atoms with Crippen LogP contribution >= 0.6 is 11.3 Å². The minimum Gasteiger partial charge on any atom is -0.464 e. The SMILES string of the molecule is [C-]#[N+][C@@H]1C[C@@H](O)C(c2ccc(-c3ccco3)cc2)C1CCCc1cccs1. The van der Waals surface area contributed by atoms with Crippen LogP contribution in [0.1, 0.15) is 35.6 Å². The zero-order valence-corrected chi connectivity index (χ0v) is 15.9. The van der Waals surface area contributed by atoms with Crippen LogP contribution in [-0.2, 0) is 6.42 Å². The van der Waals surface area contributed by atoms with Crippen LogP contribution in [0.3, 0.4) is 0 Å². The maximum absolute atomic E-state index is 10.7. The third kappa shape index (κ3) is 3.85. The summed E-state index contributed by atoms with van der Waals surface area (Å²) in [5.41, 5.74) is 2.16. The van der Waals surface area contributed by atoms with Crippen molar-refractivity contribution in [3.63, 3.8) is 0 Å². The number of aliphatic hydroxyl groups excluding tert-OH is 1. The minimum atomic E-state index is -0.440. The van der Waals surface area contributed by atoms with E-state index in [1.807, 2.05) is 12.1 Å². The molecule has 1 aliphatic carbocycles. The largest absolute Gasteiger partial charge is 0.464 e. The molecule has 3 nitrogen and oxygen atoms in total. The van der Waals surface area contributed by atoms with Gasteiger partial charge in [-0.1, -0.05) is 30.3 Å². The number of furan rings is 1. The maximum atomic E-state index is 10.7. The first kappa shape index (κ1) is 18.0. The lowest BCUT2D eigenvalue weighted by atomic mass is 9.83. The molecular formula is C23H23NO2S. The van der Waals surface area contributed by atoms with Gasteiger partial charge in [0, 0.05) is 28.7 Å². The number of benzene rings is 1. The average Bonchev–Trinajstić information content (AvgIpc) is 3.44. The Hall–Kier alpha value is -2.35. The van der Waals surface area contributed by atoms with Crippen molar-refractivity contribution in [3.8, 4) is 11.3 Å². The fourth-order valence-corrected chi connectivity index (χ4v) is 5.11. The zero-order chi connectivity index (χ0) is 18.6. The number of hydrogen-bond donors (Lipinski definition) is 1. The van der Waals surface area contributed by atoms with Gasteiger partial charge in [0.25, 0.3) is 0 Å². The number of thiophene rings is 1. The smallest absolute Gasteiger partial charge is 0.229 e. The summed E-state index contributed by atoms with van der Waals surface area (Å²) in [5.74, 6) is 1.10. The number of nitrogens with zero attached hydrogens (tertiary/aromatic N) is 1. The minimum absolute atomic E-state index is 0.0399. The first-order chi connectivity index (χ1) is 13.3. The molecule has 4 atom stereocenters. The molecule has 0 spiro atoms. The molecule has 3 aromatic rings. The second-order valence-electron chi connectivity index (χ2n) is 7.26. The summed E-state index contributed by atoms with van der Waals surface area (Å²) < 4.78 is 5.46. The van der Waals surface area contributed by atoms with Crippen molar-refractivity contribution in [1.29, 1.82) is 0 Å². The molecule has 1 fully saturated rings. The van der Waals surface area contributed by atoms with Crippen molar-refractivity contribution in [2.75, 3.05) is 0 Å². The van der Waals surface area contributed by atoms with E-state index in [9.17, 15) is 5.11 Å². The predicted octanol–water partition coefficient (Wildman–Crippen LogP) is 5.78. The molecule has 0 saturated heterocycles. The van der Waals surface area contributed by atoms with E-state index in [2.05, 4.69) is 46.6 Å². The Morgan fingerprint density at radius 2 is 2.00 bits per heavy atom. The van der Waals surface area contributed by atoms with Gasteiger partial charge >= 0.3 is 0 Å². The van der Waals surface area contributed by atoms with Crippen molar-refractivity contribution in [1.82, 2.24) is 0 Å². The predicted molar refractivity (Wildman–Crippen MR) is 109 cm³/mol. The molecule has 4 heteroatoms. The highest BCUT2D eigenvalue weighted by molar-refractivity contribution is 7.09.